The predicted molar refractivity (Wildman–Crippen MR) is 262 cm³/mol. The van der Waals surface area contributed by atoms with Gasteiger partial charge in [0.2, 0.25) is 0 Å². The minimum atomic E-state index is -0.00618. The molecule has 0 radical (unpaired) electrons. The summed E-state index contributed by atoms with van der Waals surface area (Å²) < 4.78 is 0. The van der Waals surface area contributed by atoms with Gasteiger partial charge in [0.25, 0.3) is 0 Å². The first-order valence-electron chi connectivity index (χ1n) is 22.9. The minimum absolute atomic E-state index is 0.00618. The van der Waals surface area contributed by atoms with Crippen LogP contribution in [-0.4, -0.2) is 0 Å². The number of fused-ring (bicyclic) bond motifs is 9. The summed E-state index contributed by atoms with van der Waals surface area (Å²) in [6.07, 6.45) is 5.21. The van der Waals surface area contributed by atoms with E-state index in [0.29, 0.717) is 0 Å². The molecule has 1 heterocycles. The normalized spacial score (nSPS) is 14.6. The Morgan fingerprint density at radius 2 is 0.919 bits per heavy atom. The van der Waals surface area contributed by atoms with Crippen LogP contribution in [0.2, 0.25) is 0 Å². The fourth-order valence-corrected chi connectivity index (χ4v) is 11.8. The van der Waals surface area contributed by atoms with E-state index in [2.05, 4.69) is 219 Å². The van der Waals surface area contributed by atoms with E-state index >= 15 is 0 Å². The van der Waals surface area contributed by atoms with Crippen LogP contribution < -0.4 is 9.80 Å². The maximum absolute atomic E-state index is 2.53. The molecule has 0 fully saturated rings. The van der Waals surface area contributed by atoms with Crippen LogP contribution in [0.25, 0.3) is 33.4 Å². The van der Waals surface area contributed by atoms with Gasteiger partial charge in [-0.25, -0.2) is 0 Å². The molecule has 1 aliphatic heterocycles. The Kier molecular flexibility index (Phi) is 9.31. The molecule has 0 spiro atoms. The maximum atomic E-state index is 2.53. The average Bonchev–Trinajstić information content (AvgIpc) is 3.78. The van der Waals surface area contributed by atoms with Crippen LogP contribution in [0, 0.1) is 0 Å². The van der Waals surface area contributed by atoms with Crippen LogP contribution in [0.1, 0.15) is 92.3 Å². The fourth-order valence-electron chi connectivity index (χ4n) is 11.8. The van der Waals surface area contributed by atoms with Gasteiger partial charge in [-0.05, 0) is 160 Å². The first-order valence-corrected chi connectivity index (χ1v) is 22.9. The van der Waals surface area contributed by atoms with Gasteiger partial charge in [-0.1, -0.05) is 149 Å². The third-order valence-electron chi connectivity index (χ3n) is 15.1. The Labute approximate surface area is 368 Å². The van der Waals surface area contributed by atoms with Crippen molar-refractivity contribution in [2.45, 2.75) is 77.2 Å². The van der Waals surface area contributed by atoms with Gasteiger partial charge in [-0.2, -0.15) is 0 Å². The van der Waals surface area contributed by atoms with E-state index in [4.69, 9.17) is 0 Å². The Bertz CT molecular complexity index is 2970. The first-order chi connectivity index (χ1) is 30.5. The largest absolute Gasteiger partial charge is 0.336 e. The Hall–Kier alpha value is -6.64. The standard InChI is InChI=1S/C60H54N2/c1-5-59(6-2)54-25-17-15-23-48(54)50-32-27-42(37-56(50)59)35-41-28-34-58-53(36-41)52-38-46(30-29-43(52)40-61(58)44-19-11-9-12-20-44)62(45-21-13-10-14-22-45)47-31-33-51-49-24-16-18-26-55(49)60(7-3,8-4)57(51)39-47/h9-34,36-39H,5-8,35,40H2,1-4H3. The number of para-hydroxylation sites is 2. The summed E-state index contributed by atoms with van der Waals surface area (Å²) in [7, 11) is 0. The molecule has 304 valence electrons. The van der Waals surface area contributed by atoms with Crippen molar-refractivity contribution in [1.82, 2.24) is 0 Å². The van der Waals surface area contributed by atoms with E-state index in [-0.39, 0.29) is 10.8 Å². The van der Waals surface area contributed by atoms with Crippen LogP contribution in [0.3, 0.4) is 0 Å². The fraction of sp³-hybridized carbons (Fsp3) is 0.200. The highest BCUT2D eigenvalue weighted by molar-refractivity contribution is 5.92. The molecule has 0 saturated heterocycles. The van der Waals surface area contributed by atoms with E-state index < -0.39 is 0 Å². The van der Waals surface area contributed by atoms with E-state index in [9.17, 15) is 0 Å². The summed E-state index contributed by atoms with van der Waals surface area (Å²) in [4.78, 5) is 4.97. The molecule has 11 rings (SSSR count). The van der Waals surface area contributed by atoms with Gasteiger partial charge in [0.1, 0.15) is 0 Å². The second-order valence-corrected chi connectivity index (χ2v) is 17.7. The number of anilines is 5. The van der Waals surface area contributed by atoms with Crippen molar-refractivity contribution in [2.75, 3.05) is 9.80 Å². The molecule has 0 saturated carbocycles. The van der Waals surface area contributed by atoms with Gasteiger partial charge in [0.05, 0.1) is 0 Å². The van der Waals surface area contributed by atoms with E-state index in [1.807, 2.05) is 0 Å². The molecule has 8 aromatic rings. The van der Waals surface area contributed by atoms with Crippen LogP contribution in [0.15, 0.2) is 182 Å². The smallest absolute Gasteiger partial charge is 0.0493 e. The SMILES string of the molecule is CCC1(CC)c2ccccc2-c2ccc(Cc3ccc4c(c3)-c3cc(N(c5ccccc5)c5ccc6c(c5)C(CC)(CC)c5ccccc5-6)ccc3CN4c3ccccc3)cc21. The molecular formula is C60H54N2. The van der Waals surface area contributed by atoms with Crippen LogP contribution in [0.5, 0.6) is 0 Å². The lowest BCUT2D eigenvalue weighted by molar-refractivity contribution is 0.490. The van der Waals surface area contributed by atoms with Crippen molar-refractivity contribution in [1.29, 1.82) is 0 Å². The monoisotopic (exact) mass is 802 g/mol. The molecule has 3 aliphatic rings. The van der Waals surface area contributed by atoms with Gasteiger partial charge >= 0.3 is 0 Å². The molecule has 8 aromatic carbocycles. The predicted octanol–water partition coefficient (Wildman–Crippen LogP) is 16.2. The molecule has 0 aromatic heterocycles. The summed E-state index contributed by atoms with van der Waals surface area (Å²) in [5.74, 6) is 0. The average molecular weight is 803 g/mol. The van der Waals surface area contributed by atoms with E-state index in [1.54, 1.807) is 0 Å². The highest BCUT2D eigenvalue weighted by Crippen LogP contribution is 2.55. The molecule has 0 unspecified atom stereocenters. The van der Waals surface area contributed by atoms with E-state index in [0.717, 1.165) is 44.3 Å². The topological polar surface area (TPSA) is 6.48 Å². The molecule has 2 aliphatic carbocycles. The molecule has 62 heavy (non-hydrogen) atoms. The van der Waals surface area contributed by atoms with Crippen LogP contribution >= 0.6 is 0 Å². The lowest BCUT2D eigenvalue weighted by atomic mass is 9.73. The number of hydrogen-bond acceptors (Lipinski definition) is 2. The summed E-state index contributed by atoms with van der Waals surface area (Å²) in [6, 6.07) is 68.9. The van der Waals surface area contributed by atoms with Crippen molar-refractivity contribution in [3.05, 3.63) is 221 Å². The summed E-state index contributed by atoms with van der Waals surface area (Å²) in [6.45, 7) is 10.3. The van der Waals surface area contributed by atoms with Crippen LogP contribution in [-0.2, 0) is 23.8 Å². The zero-order valence-corrected chi connectivity index (χ0v) is 36.5. The molecule has 0 bridgehead atoms. The van der Waals surface area contributed by atoms with Crippen molar-refractivity contribution in [2.24, 2.45) is 0 Å². The summed E-state index contributed by atoms with van der Waals surface area (Å²) in [5, 5.41) is 0. The third kappa shape index (κ3) is 5.76. The molecule has 0 N–H and O–H groups in total. The van der Waals surface area contributed by atoms with Crippen molar-refractivity contribution < 1.29 is 0 Å². The highest BCUT2D eigenvalue weighted by Gasteiger charge is 2.42. The van der Waals surface area contributed by atoms with E-state index in [1.165, 1.54) is 95.1 Å². The Morgan fingerprint density at radius 1 is 0.403 bits per heavy atom. The molecule has 0 amide bonds. The highest BCUT2D eigenvalue weighted by atomic mass is 15.2. The number of benzene rings is 8. The number of rotatable bonds is 10. The first kappa shape index (κ1) is 38.3. The van der Waals surface area contributed by atoms with Gasteiger partial charge in [0.15, 0.2) is 0 Å². The van der Waals surface area contributed by atoms with Gasteiger partial charge in [-0.15, -0.1) is 0 Å². The third-order valence-corrected chi connectivity index (χ3v) is 15.1. The summed E-state index contributed by atoms with van der Waals surface area (Å²) >= 11 is 0. The van der Waals surface area contributed by atoms with Gasteiger partial charge < -0.3 is 9.80 Å². The zero-order chi connectivity index (χ0) is 42.0. The molecule has 0 atom stereocenters. The molecular weight excluding hydrogens is 749 g/mol. The Balaban J connectivity index is 1.03. The number of nitrogens with zero attached hydrogens (tertiary/aromatic N) is 2. The quantitative estimate of drug-likeness (QED) is 0.136. The summed E-state index contributed by atoms with van der Waals surface area (Å²) in [5.41, 5.74) is 24.1. The lowest BCUT2D eigenvalue weighted by Crippen LogP contribution is -2.23. The Morgan fingerprint density at radius 3 is 1.58 bits per heavy atom. The second-order valence-electron chi connectivity index (χ2n) is 17.7. The lowest BCUT2D eigenvalue weighted by Gasteiger charge is -2.35. The van der Waals surface area contributed by atoms with Gasteiger partial charge in [0, 0.05) is 51.4 Å². The van der Waals surface area contributed by atoms with Crippen molar-refractivity contribution in [3.8, 4) is 33.4 Å². The second kappa shape index (κ2) is 15.1. The zero-order valence-electron chi connectivity index (χ0n) is 36.5. The van der Waals surface area contributed by atoms with Crippen molar-refractivity contribution >= 4 is 28.4 Å². The van der Waals surface area contributed by atoms with Crippen molar-refractivity contribution in [3.63, 3.8) is 0 Å². The number of hydrogen-bond donors (Lipinski definition) is 0. The minimum Gasteiger partial charge on any atom is -0.336 e. The van der Waals surface area contributed by atoms with Gasteiger partial charge in [-0.3, -0.25) is 0 Å². The van der Waals surface area contributed by atoms with Crippen LogP contribution in [0.4, 0.5) is 28.4 Å². The molecule has 2 heteroatoms. The maximum Gasteiger partial charge on any atom is 0.0493 e. The molecule has 2 nitrogen and oxygen atoms in total.